The molecule has 1 unspecified atom stereocenters. The minimum atomic E-state index is -0.132. The molecule has 1 atom stereocenters. The number of hydrogen-bond donors (Lipinski definition) is 1. The summed E-state index contributed by atoms with van der Waals surface area (Å²) in [7, 11) is 0. The second-order valence-corrected chi connectivity index (χ2v) is 6.80. The lowest BCUT2D eigenvalue weighted by Crippen LogP contribution is -2.46. The molecule has 0 aliphatic heterocycles. The second-order valence-electron chi connectivity index (χ2n) is 6.80. The van der Waals surface area contributed by atoms with E-state index in [1.807, 2.05) is 20.8 Å². The molecule has 1 amide bonds. The Morgan fingerprint density at radius 3 is 1.94 bits per heavy atom. The molecular weight excluding hydrogens is 198 g/mol. The third kappa shape index (κ3) is 6.14. The van der Waals surface area contributed by atoms with Crippen molar-refractivity contribution >= 4 is 5.91 Å². The molecule has 0 bridgehead atoms. The molecule has 0 heterocycles. The van der Waals surface area contributed by atoms with E-state index in [2.05, 4.69) is 33.0 Å². The molecule has 0 aliphatic carbocycles. The largest absolute Gasteiger partial charge is 0.351 e. The van der Waals surface area contributed by atoms with Crippen LogP contribution in [0.2, 0.25) is 0 Å². The van der Waals surface area contributed by atoms with Gasteiger partial charge in [0.2, 0.25) is 5.91 Å². The molecule has 2 nitrogen and oxygen atoms in total. The molecular formula is C14H29NO. The second kappa shape index (κ2) is 5.70. The van der Waals surface area contributed by atoms with Gasteiger partial charge in [0.15, 0.2) is 0 Å². The highest BCUT2D eigenvalue weighted by Gasteiger charge is 2.32. The van der Waals surface area contributed by atoms with Crippen molar-refractivity contribution < 1.29 is 4.79 Å². The summed E-state index contributed by atoms with van der Waals surface area (Å²) < 4.78 is 0. The maximum absolute atomic E-state index is 12.2. The Labute approximate surface area is 101 Å². The average molecular weight is 227 g/mol. The lowest BCUT2D eigenvalue weighted by molar-refractivity contribution is -0.130. The van der Waals surface area contributed by atoms with Crippen molar-refractivity contribution in [3.05, 3.63) is 0 Å². The monoisotopic (exact) mass is 227 g/mol. The number of carbonyl (C=O) groups is 1. The molecule has 0 radical (unpaired) electrons. The lowest BCUT2D eigenvalue weighted by Gasteiger charge is -2.32. The van der Waals surface area contributed by atoms with Crippen molar-refractivity contribution in [1.82, 2.24) is 5.32 Å². The van der Waals surface area contributed by atoms with E-state index in [-0.39, 0.29) is 22.8 Å². The van der Waals surface area contributed by atoms with Crippen LogP contribution in [-0.2, 0) is 4.79 Å². The SMILES string of the molecule is CCCCC(C(=O)NC(C)(C)C)C(C)(C)C. The Morgan fingerprint density at radius 2 is 1.62 bits per heavy atom. The number of nitrogens with one attached hydrogen (secondary N) is 1. The van der Waals surface area contributed by atoms with Gasteiger partial charge in [0, 0.05) is 11.5 Å². The Hall–Kier alpha value is -0.530. The minimum absolute atomic E-state index is 0.0461. The molecule has 0 aromatic carbocycles. The van der Waals surface area contributed by atoms with Crippen LogP contribution < -0.4 is 5.32 Å². The number of carbonyl (C=O) groups excluding carboxylic acids is 1. The summed E-state index contributed by atoms with van der Waals surface area (Å²) in [6, 6.07) is 0. The van der Waals surface area contributed by atoms with Crippen molar-refractivity contribution in [2.45, 2.75) is 73.3 Å². The van der Waals surface area contributed by atoms with E-state index in [1.165, 1.54) is 0 Å². The molecule has 0 aromatic rings. The summed E-state index contributed by atoms with van der Waals surface area (Å²) in [5.74, 6) is 0.320. The van der Waals surface area contributed by atoms with Gasteiger partial charge in [-0.25, -0.2) is 0 Å². The van der Waals surface area contributed by atoms with E-state index >= 15 is 0 Å². The van der Waals surface area contributed by atoms with E-state index in [4.69, 9.17) is 0 Å². The van der Waals surface area contributed by atoms with Gasteiger partial charge in [-0.05, 0) is 32.6 Å². The Balaban J connectivity index is 4.58. The van der Waals surface area contributed by atoms with E-state index < -0.39 is 0 Å². The number of unbranched alkanes of at least 4 members (excludes halogenated alkanes) is 1. The van der Waals surface area contributed by atoms with Gasteiger partial charge in [0.25, 0.3) is 0 Å². The van der Waals surface area contributed by atoms with Gasteiger partial charge in [0.1, 0.15) is 0 Å². The molecule has 0 rings (SSSR count). The zero-order chi connectivity index (χ0) is 13.0. The summed E-state index contributed by atoms with van der Waals surface area (Å²) in [5, 5.41) is 3.10. The number of amides is 1. The van der Waals surface area contributed by atoms with Crippen LogP contribution in [0.3, 0.4) is 0 Å². The van der Waals surface area contributed by atoms with Crippen LogP contribution in [0.5, 0.6) is 0 Å². The molecule has 96 valence electrons. The van der Waals surface area contributed by atoms with Crippen molar-refractivity contribution in [3.63, 3.8) is 0 Å². The first-order valence-corrected chi connectivity index (χ1v) is 6.40. The molecule has 2 heteroatoms. The first-order chi connectivity index (χ1) is 7.08. The molecule has 0 aliphatic rings. The fourth-order valence-electron chi connectivity index (χ4n) is 1.82. The minimum Gasteiger partial charge on any atom is -0.351 e. The Bertz CT molecular complexity index is 220. The lowest BCUT2D eigenvalue weighted by atomic mass is 9.77. The smallest absolute Gasteiger partial charge is 0.224 e. The van der Waals surface area contributed by atoms with Gasteiger partial charge in [-0.2, -0.15) is 0 Å². The number of rotatable bonds is 4. The van der Waals surface area contributed by atoms with E-state index in [0.29, 0.717) is 0 Å². The van der Waals surface area contributed by atoms with Crippen LogP contribution in [0.15, 0.2) is 0 Å². The Morgan fingerprint density at radius 1 is 1.12 bits per heavy atom. The van der Waals surface area contributed by atoms with Gasteiger partial charge >= 0.3 is 0 Å². The predicted octanol–water partition coefficient (Wildman–Crippen LogP) is 3.75. The fourth-order valence-corrected chi connectivity index (χ4v) is 1.82. The molecule has 0 spiro atoms. The van der Waals surface area contributed by atoms with Crippen molar-refractivity contribution in [2.75, 3.05) is 0 Å². The standard InChI is InChI=1S/C14H29NO/c1-8-9-10-11(13(2,3)4)12(16)15-14(5,6)7/h11H,8-10H2,1-7H3,(H,15,16). The highest BCUT2D eigenvalue weighted by Crippen LogP contribution is 2.30. The van der Waals surface area contributed by atoms with E-state index in [0.717, 1.165) is 19.3 Å². The maximum Gasteiger partial charge on any atom is 0.224 e. The van der Waals surface area contributed by atoms with Gasteiger partial charge in [0.05, 0.1) is 0 Å². The molecule has 16 heavy (non-hydrogen) atoms. The van der Waals surface area contributed by atoms with Crippen LogP contribution in [0.4, 0.5) is 0 Å². The first-order valence-electron chi connectivity index (χ1n) is 6.40. The van der Waals surface area contributed by atoms with Gasteiger partial charge < -0.3 is 5.32 Å². The van der Waals surface area contributed by atoms with E-state index in [9.17, 15) is 4.79 Å². The van der Waals surface area contributed by atoms with E-state index in [1.54, 1.807) is 0 Å². The van der Waals surface area contributed by atoms with Crippen molar-refractivity contribution in [3.8, 4) is 0 Å². The fraction of sp³-hybridized carbons (Fsp3) is 0.929. The first kappa shape index (κ1) is 15.5. The van der Waals surface area contributed by atoms with Crippen LogP contribution in [0.25, 0.3) is 0 Å². The summed E-state index contributed by atoms with van der Waals surface area (Å²) >= 11 is 0. The van der Waals surface area contributed by atoms with Gasteiger partial charge in [-0.15, -0.1) is 0 Å². The molecule has 0 saturated heterocycles. The number of hydrogen-bond acceptors (Lipinski definition) is 1. The quantitative estimate of drug-likeness (QED) is 0.778. The van der Waals surface area contributed by atoms with Crippen LogP contribution in [-0.4, -0.2) is 11.4 Å². The third-order valence-corrected chi connectivity index (χ3v) is 2.71. The van der Waals surface area contributed by atoms with Gasteiger partial charge in [-0.1, -0.05) is 40.5 Å². The normalized spacial score (nSPS) is 14.7. The van der Waals surface area contributed by atoms with Crippen LogP contribution in [0, 0.1) is 11.3 Å². The third-order valence-electron chi connectivity index (χ3n) is 2.71. The summed E-state index contributed by atoms with van der Waals surface area (Å²) in [4.78, 5) is 12.2. The van der Waals surface area contributed by atoms with Crippen molar-refractivity contribution in [1.29, 1.82) is 0 Å². The average Bonchev–Trinajstić information content (AvgIpc) is 1.98. The van der Waals surface area contributed by atoms with Gasteiger partial charge in [-0.3, -0.25) is 4.79 Å². The molecule has 0 saturated carbocycles. The molecule has 1 N–H and O–H groups in total. The topological polar surface area (TPSA) is 29.1 Å². The zero-order valence-corrected chi connectivity index (χ0v) is 12.1. The summed E-state index contributed by atoms with van der Waals surface area (Å²) in [6.45, 7) is 14.7. The summed E-state index contributed by atoms with van der Waals surface area (Å²) in [5.41, 5.74) is -0.0860. The molecule has 0 fully saturated rings. The highest BCUT2D eigenvalue weighted by molar-refractivity contribution is 5.80. The predicted molar refractivity (Wildman–Crippen MR) is 70.4 cm³/mol. The Kier molecular flexibility index (Phi) is 5.51. The maximum atomic E-state index is 12.2. The highest BCUT2D eigenvalue weighted by atomic mass is 16.2. The molecule has 0 aromatic heterocycles. The van der Waals surface area contributed by atoms with Crippen LogP contribution >= 0.6 is 0 Å². The van der Waals surface area contributed by atoms with Crippen molar-refractivity contribution in [2.24, 2.45) is 11.3 Å². The zero-order valence-electron chi connectivity index (χ0n) is 12.1. The summed E-state index contributed by atoms with van der Waals surface area (Å²) in [6.07, 6.45) is 3.26. The van der Waals surface area contributed by atoms with Crippen LogP contribution in [0.1, 0.15) is 67.7 Å².